The summed E-state index contributed by atoms with van der Waals surface area (Å²) in [5.41, 5.74) is 0.514. The molecule has 2 N–H and O–H groups in total. The molecule has 1 aliphatic heterocycles. The summed E-state index contributed by atoms with van der Waals surface area (Å²) in [4.78, 5) is 36.3. The SMILES string of the molecule is COC(=O)c1cccc(CCNC(=O)N2CCC(C)(C(=O)O)C2)c1. The van der Waals surface area contributed by atoms with Crippen LogP contribution in [0.1, 0.15) is 29.3 Å². The maximum absolute atomic E-state index is 12.1. The van der Waals surface area contributed by atoms with Gasteiger partial charge in [0.2, 0.25) is 0 Å². The molecule has 130 valence electrons. The van der Waals surface area contributed by atoms with E-state index in [4.69, 9.17) is 0 Å². The number of likely N-dealkylation sites (tertiary alicyclic amines) is 1. The van der Waals surface area contributed by atoms with Crippen LogP contribution in [0.15, 0.2) is 24.3 Å². The number of methoxy groups -OCH3 is 1. The number of carbonyl (C=O) groups excluding carboxylic acids is 2. The van der Waals surface area contributed by atoms with Crippen molar-refractivity contribution in [3.8, 4) is 0 Å². The zero-order chi connectivity index (χ0) is 17.7. The van der Waals surface area contributed by atoms with Gasteiger partial charge in [0.15, 0.2) is 0 Å². The van der Waals surface area contributed by atoms with Crippen molar-refractivity contribution in [3.63, 3.8) is 0 Å². The van der Waals surface area contributed by atoms with Crippen molar-refractivity contribution in [1.82, 2.24) is 10.2 Å². The molecule has 24 heavy (non-hydrogen) atoms. The van der Waals surface area contributed by atoms with Gasteiger partial charge in [-0.15, -0.1) is 0 Å². The number of hydrogen-bond donors (Lipinski definition) is 2. The molecular formula is C17H22N2O5. The van der Waals surface area contributed by atoms with Gasteiger partial charge in [0.1, 0.15) is 0 Å². The Morgan fingerprint density at radius 3 is 2.75 bits per heavy atom. The average molecular weight is 334 g/mol. The Labute approximate surface area is 140 Å². The first-order chi connectivity index (χ1) is 11.4. The van der Waals surface area contributed by atoms with Crippen LogP contribution in [-0.2, 0) is 16.0 Å². The molecule has 1 atom stereocenters. The second kappa shape index (κ2) is 7.33. The normalized spacial score (nSPS) is 19.8. The van der Waals surface area contributed by atoms with E-state index in [-0.39, 0.29) is 12.6 Å². The third-order valence-electron chi connectivity index (χ3n) is 4.31. The van der Waals surface area contributed by atoms with Gasteiger partial charge in [-0.2, -0.15) is 0 Å². The van der Waals surface area contributed by atoms with Crippen LogP contribution in [0, 0.1) is 5.41 Å². The topological polar surface area (TPSA) is 95.9 Å². The molecule has 2 rings (SSSR count). The van der Waals surface area contributed by atoms with Gasteiger partial charge in [-0.25, -0.2) is 9.59 Å². The summed E-state index contributed by atoms with van der Waals surface area (Å²) in [6, 6.07) is 6.78. The Balaban J connectivity index is 1.83. The molecule has 1 aromatic rings. The van der Waals surface area contributed by atoms with Gasteiger partial charge in [-0.05, 0) is 37.5 Å². The molecule has 7 heteroatoms. The number of urea groups is 1. The van der Waals surface area contributed by atoms with Crippen molar-refractivity contribution in [3.05, 3.63) is 35.4 Å². The highest BCUT2D eigenvalue weighted by molar-refractivity contribution is 5.89. The minimum absolute atomic E-state index is 0.214. The molecule has 0 bridgehead atoms. The summed E-state index contributed by atoms with van der Waals surface area (Å²) >= 11 is 0. The van der Waals surface area contributed by atoms with Crippen molar-refractivity contribution in [2.75, 3.05) is 26.7 Å². The third-order valence-corrected chi connectivity index (χ3v) is 4.31. The maximum atomic E-state index is 12.1. The molecule has 1 heterocycles. The number of esters is 1. The molecule has 1 saturated heterocycles. The van der Waals surface area contributed by atoms with Crippen molar-refractivity contribution >= 4 is 18.0 Å². The fourth-order valence-electron chi connectivity index (χ4n) is 2.71. The Bertz CT molecular complexity index is 646. The van der Waals surface area contributed by atoms with E-state index >= 15 is 0 Å². The number of hydrogen-bond acceptors (Lipinski definition) is 4. The van der Waals surface area contributed by atoms with Gasteiger partial charge in [-0.3, -0.25) is 4.79 Å². The van der Waals surface area contributed by atoms with E-state index in [1.807, 2.05) is 6.07 Å². The summed E-state index contributed by atoms with van der Waals surface area (Å²) in [5.74, 6) is -1.27. The number of nitrogens with one attached hydrogen (secondary N) is 1. The van der Waals surface area contributed by atoms with Gasteiger partial charge in [-0.1, -0.05) is 12.1 Å². The predicted molar refractivity (Wildman–Crippen MR) is 86.8 cm³/mol. The van der Waals surface area contributed by atoms with Gasteiger partial charge >= 0.3 is 18.0 Å². The predicted octanol–water partition coefficient (Wildman–Crippen LogP) is 1.52. The number of nitrogens with zero attached hydrogens (tertiary/aromatic N) is 1. The monoisotopic (exact) mass is 334 g/mol. The zero-order valence-electron chi connectivity index (χ0n) is 13.9. The standard InChI is InChI=1S/C17H22N2O5/c1-17(15(21)22)7-9-19(11-17)16(23)18-8-6-12-4-3-5-13(10-12)14(20)24-2/h3-5,10H,6-9,11H2,1-2H3,(H,18,23)(H,21,22). The van der Waals surface area contributed by atoms with Crippen LogP contribution < -0.4 is 5.32 Å². The summed E-state index contributed by atoms with van der Waals surface area (Å²) in [7, 11) is 1.33. The second-order valence-corrected chi connectivity index (χ2v) is 6.21. The van der Waals surface area contributed by atoms with Crippen LogP contribution in [0.25, 0.3) is 0 Å². The number of rotatable bonds is 5. The number of carboxylic acids is 1. The van der Waals surface area contributed by atoms with Gasteiger partial charge < -0.3 is 20.1 Å². The fourth-order valence-corrected chi connectivity index (χ4v) is 2.71. The highest BCUT2D eigenvalue weighted by atomic mass is 16.5. The average Bonchev–Trinajstić information content (AvgIpc) is 2.98. The quantitative estimate of drug-likeness (QED) is 0.796. The Morgan fingerprint density at radius 1 is 1.38 bits per heavy atom. The number of benzene rings is 1. The second-order valence-electron chi connectivity index (χ2n) is 6.21. The van der Waals surface area contributed by atoms with Gasteiger partial charge in [0.25, 0.3) is 0 Å². The first kappa shape index (κ1) is 17.8. The van der Waals surface area contributed by atoms with E-state index in [1.165, 1.54) is 12.0 Å². The summed E-state index contributed by atoms with van der Waals surface area (Å²) in [6.07, 6.45) is 1.03. The lowest BCUT2D eigenvalue weighted by Crippen LogP contribution is -2.41. The van der Waals surface area contributed by atoms with Gasteiger partial charge in [0, 0.05) is 19.6 Å². The van der Waals surface area contributed by atoms with Crippen molar-refractivity contribution in [1.29, 1.82) is 0 Å². The zero-order valence-corrected chi connectivity index (χ0v) is 13.9. The fraction of sp³-hybridized carbons (Fsp3) is 0.471. The minimum Gasteiger partial charge on any atom is -0.481 e. The van der Waals surface area contributed by atoms with E-state index in [9.17, 15) is 19.5 Å². The molecule has 1 unspecified atom stereocenters. The van der Waals surface area contributed by atoms with Crippen molar-refractivity contribution in [2.24, 2.45) is 5.41 Å². The number of aliphatic carboxylic acids is 1. The molecule has 0 spiro atoms. The van der Waals surface area contributed by atoms with Crippen LogP contribution in [0.3, 0.4) is 0 Å². The van der Waals surface area contributed by atoms with Crippen molar-refractivity contribution in [2.45, 2.75) is 19.8 Å². The molecule has 0 aliphatic carbocycles. The highest BCUT2D eigenvalue weighted by Gasteiger charge is 2.42. The lowest BCUT2D eigenvalue weighted by atomic mass is 9.90. The number of ether oxygens (including phenoxy) is 1. The lowest BCUT2D eigenvalue weighted by Gasteiger charge is -2.20. The van der Waals surface area contributed by atoms with E-state index in [0.717, 1.165) is 5.56 Å². The smallest absolute Gasteiger partial charge is 0.337 e. The molecule has 1 aromatic carbocycles. The molecule has 7 nitrogen and oxygen atoms in total. The molecule has 0 saturated carbocycles. The number of amides is 2. The lowest BCUT2D eigenvalue weighted by molar-refractivity contribution is -0.147. The molecular weight excluding hydrogens is 312 g/mol. The highest BCUT2D eigenvalue weighted by Crippen LogP contribution is 2.29. The molecule has 0 radical (unpaired) electrons. The Kier molecular flexibility index (Phi) is 5.43. The first-order valence-electron chi connectivity index (χ1n) is 7.79. The Morgan fingerprint density at radius 2 is 2.12 bits per heavy atom. The summed E-state index contributed by atoms with van der Waals surface area (Å²) in [6.45, 7) is 2.71. The van der Waals surface area contributed by atoms with Crippen LogP contribution in [0.2, 0.25) is 0 Å². The van der Waals surface area contributed by atoms with Gasteiger partial charge in [0.05, 0.1) is 18.1 Å². The molecule has 1 aliphatic rings. The summed E-state index contributed by atoms with van der Waals surface area (Å²) in [5, 5.41) is 12.0. The minimum atomic E-state index is -0.877. The third kappa shape index (κ3) is 4.04. The van der Waals surface area contributed by atoms with Crippen LogP contribution in [0.5, 0.6) is 0 Å². The van der Waals surface area contributed by atoms with Crippen molar-refractivity contribution < 1.29 is 24.2 Å². The Hall–Kier alpha value is -2.57. The molecule has 0 aromatic heterocycles. The van der Waals surface area contributed by atoms with Crippen LogP contribution in [-0.4, -0.2) is 54.7 Å². The van der Waals surface area contributed by atoms with E-state index in [1.54, 1.807) is 25.1 Å². The van der Waals surface area contributed by atoms with E-state index < -0.39 is 17.4 Å². The summed E-state index contributed by atoms with van der Waals surface area (Å²) < 4.78 is 4.68. The largest absolute Gasteiger partial charge is 0.481 e. The number of carboxylic acid groups (broad SMARTS) is 1. The van der Waals surface area contributed by atoms with E-state index in [0.29, 0.717) is 31.5 Å². The van der Waals surface area contributed by atoms with Crippen LogP contribution >= 0.6 is 0 Å². The van der Waals surface area contributed by atoms with Crippen LogP contribution in [0.4, 0.5) is 4.79 Å². The van der Waals surface area contributed by atoms with E-state index in [2.05, 4.69) is 10.1 Å². The maximum Gasteiger partial charge on any atom is 0.337 e. The molecule has 2 amide bonds. The first-order valence-corrected chi connectivity index (χ1v) is 7.79. The molecule has 1 fully saturated rings. The number of carbonyl (C=O) groups is 3.